The van der Waals surface area contributed by atoms with Gasteiger partial charge in [-0.1, -0.05) is 4.98 Å². The average molecular weight is 1160 g/mol. The molecular formula is C33H46N15O24P4+. The monoisotopic (exact) mass is 1160 g/mol. The number of methoxy groups -OCH3 is 1. The Morgan fingerprint density at radius 2 is 1.26 bits per heavy atom. The molecule has 15 N–H and O–H groups in total. The van der Waals surface area contributed by atoms with E-state index in [-0.39, 0.29) is 51.2 Å². The van der Waals surface area contributed by atoms with Crippen molar-refractivity contribution in [1.82, 2.24) is 53.6 Å². The van der Waals surface area contributed by atoms with Gasteiger partial charge in [-0.3, -0.25) is 51.4 Å². The highest BCUT2D eigenvalue weighted by atomic mass is 31.3. The number of aryl methyl sites for hydroxylation is 1. The zero-order valence-electron chi connectivity index (χ0n) is 38.9. The minimum Gasteiger partial charge on any atom is -0.387 e. The molecule has 0 bridgehead atoms. The number of H-pyrrole nitrogens is 2. The molecule has 3 fully saturated rings. The first-order chi connectivity index (χ1) is 35.7. The molecule has 3 saturated heterocycles. The van der Waals surface area contributed by atoms with Crippen LogP contribution in [0.5, 0.6) is 0 Å². The fourth-order valence-electron chi connectivity index (χ4n) is 8.45. The number of phosphoric ester groups is 3. The predicted octanol–water partition coefficient (Wildman–Crippen LogP) is -4.25. The van der Waals surface area contributed by atoms with E-state index in [1.807, 2.05) is 0 Å². The van der Waals surface area contributed by atoms with Crippen molar-refractivity contribution in [2.75, 3.05) is 50.8 Å². The zero-order chi connectivity index (χ0) is 55.0. The molecule has 9 rings (SSSR count). The van der Waals surface area contributed by atoms with Gasteiger partial charge in [0.25, 0.3) is 17.1 Å². The number of fused-ring (bicyclic) bond motifs is 3. The number of nitrogens with one attached hydrogen (secondary N) is 3. The molecule has 9 heterocycles. The van der Waals surface area contributed by atoms with E-state index < -0.39 is 136 Å². The summed E-state index contributed by atoms with van der Waals surface area (Å²) in [5.74, 6) is -0.373. The smallest absolute Gasteiger partial charge is 0.387 e. The van der Waals surface area contributed by atoms with E-state index in [2.05, 4.69) is 53.8 Å². The van der Waals surface area contributed by atoms with Crippen LogP contribution in [0.15, 0.2) is 34.9 Å². The maximum atomic E-state index is 13.7. The van der Waals surface area contributed by atoms with E-state index in [4.69, 9.17) is 48.5 Å². The molecule has 0 spiro atoms. The second-order valence-electron chi connectivity index (χ2n) is 16.7. The van der Waals surface area contributed by atoms with Crippen molar-refractivity contribution in [3.63, 3.8) is 0 Å². The predicted molar refractivity (Wildman–Crippen MR) is 244 cm³/mol. The standard InChI is InChI=1S/C33H45N15O24P4/c1-36-23-14-24(38-7-37-23)46(8-39-14)31-22(63-3)21(70-73(55,56)64-4-11-17(49)19(51)29(67-11)47-9-40-15-25(47)41-32(34)43-27(15)53)13(69-31)6-66-75(59,60)72-76(61,62)71-74(57,58)65-5-12-18(50)20(52)30(68-12)48-10-45(2)16-26(48)42-33(35)44-28(16)54/h7-13,17-22,29-31,49-52H,4-6H2,1-3H3,(H10-,34,35,36,37,38,41,42,43,44,53,54,55,56,57,58,59,60,61,62)/p+1/t11-,12-,13-,17-,18-,19-,20-,21-,22-,29-,30-,31-/m1/s1. The first-order valence-electron chi connectivity index (χ1n) is 21.6. The number of nitrogen functional groups attached to an aromatic ring is 2. The summed E-state index contributed by atoms with van der Waals surface area (Å²) in [4.78, 5) is 96.2. The van der Waals surface area contributed by atoms with Crippen LogP contribution in [0.2, 0.25) is 0 Å². The van der Waals surface area contributed by atoms with Crippen molar-refractivity contribution in [2.45, 2.75) is 73.6 Å². The van der Waals surface area contributed by atoms with Crippen LogP contribution in [0.25, 0.3) is 33.5 Å². The number of imidazole rings is 3. The highest BCUT2D eigenvalue weighted by Gasteiger charge is 2.54. The van der Waals surface area contributed by atoms with Gasteiger partial charge in [0.2, 0.25) is 17.7 Å². The Bertz CT molecular complexity index is 3490. The van der Waals surface area contributed by atoms with Gasteiger partial charge >= 0.3 is 36.9 Å². The van der Waals surface area contributed by atoms with E-state index in [0.29, 0.717) is 0 Å². The van der Waals surface area contributed by atoms with E-state index >= 15 is 0 Å². The topological polar surface area (TPSA) is 548 Å². The number of aliphatic hydroxyl groups excluding tert-OH is 4. The molecule has 16 atom stereocenters. The van der Waals surface area contributed by atoms with Gasteiger partial charge in [-0.15, -0.1) is 0 Å². The number of hydrogen-bond acceptors (Lipinski definition) is 29. The van der Waals surface area contributed by atoms with Gasteiger partial charge in [0.15, 0.2) is 41.4 Å². The minimum atomic E-state index is -6.20. The van der Waals surface area contributed by atoms with Crippen LogP contribution in [0.1, 0.15) is 18.7 Å². The molecule has 43 heteroatoms. The molecule has 4 unspecified atom stereocenters. The Balaban J connectivity index is 0.868. The number of phosphoric acid groups is 4. The molecule has 0 aliphatic carbocycles. The second-order valence-corrected chi connectivity index (χ2v) is 22.7. The third kappa shape index (κ3) is 11.0. The van der Waals surface area contributed by atoms with Crippen molar-refractivity contribution in [3.8, 4) is 0 Å². The number of aromatic nitrogens is 12. The molecule has 0 saturated carbocycles. The summed E-state index contributed by atoms with van der Waals surface area (Å²) in [6.45, 7) is -3.38. The molecule has 6 aromatic heterocycles. The largest absolute Gasteiger partial charge is 0.490 e. The first kappa shape index (κ1) is 55.6. The average Bonchev–Trinajstić information content (AvgIpc) is 4.19. The molecule has 3 aliphatic heterocycles. The summed E-state index contributed by atoms with van der Waals surface area (Å²) in [6, 6.07) is 0. The van der Waals surface area contributed by atoms with Crippen molar-refractivity contribution in [1.29, 1.82) is 0 Å². The molecule has 6 aromatic rings. The van der Waals surface area contributed by atoms with Gasteiger partial charge in [0.1, 0.15) is 66.8 Å². The third-order valence-electron chi connectivity index (χ3n) is 11.8. The lowest BCUT2D eigenvalue weighted by molar-refractivity contribution is -0.745. The maximum absolute atomic E-state index is 13.7. The van der Waals surface area contributed by atoms with Crippen LogP contribution in [0, 0.1) is 0 Å². The maximum Gasteiger partial charge on any atom is 0.490 e. The van der Waals surface area contributed by atoms with Gasteiger partial charge in [-0.05, 0) is 0 Å². The Kier molecular flexibility index (Phi) is 15.3. The number of nitrogens with zero attached hydrogens (tertiary/aromatic N) is 10. The number of aromatic amines is 2. The quantitative estimate of drug-likeness (QED) is 0.0254. The molecule has 3 aliphatic rings. The molecule has 0 aromatic carbocycles. The molecular weight excluding hydrogens is 1110 g/mol. The lowest BCUT2D eigenvalue weighted by Gasteiger charge is -2.26. The molecule has 0 amide bonds. The summed E-state index contributed by atoms with van der Waals surface area (Å²) in [5.41, 5.74) is 9.73. The molecule has 76 heavy (non-hydrogen) atoms. The van der Waals surface area contributed by atoms with Crippen LogP contribution in [-0.2, 0) is 71.0 Å². The third-order valence-corrected chi connectivity index (χ3v) is 17.0. The van der Waals surface area contributed by atoms with Gasteiger partial charge in [-0.25, -0.2) is 42.8 Å². The number of hydrogen-bond donors (Lipinski definition) is 13. The number of anilines is 3. The Labute approximate surface area is 421 Å². The summed E-state index contributed by atoms with van der Waals surface area (Å²) >= 11 is 0. The van der Waals surface area contributed by atoms with E-state index in [0.717, 1.165) is 28.9 Å². The van der Waals surface area contributed by atoms with Gasteiger partial charge < -0.3 is 75.7 Å². The van der Waals surface area contributed by atoms with Crippen LogP contribution in [-0.4, -0.2) is 182 Å². The summed E-state index contributed by atoms with van der Waals surface area (Å²) in [6.07, 6.45) is -15.5. The van der Waals surface area contributed by atoms with E-state index in [1.165, 1.54) is 35.9 Å². The van der Waals surface area contributed by atoms with Crippen molar-refractivity contribution >= 4 is 82.5 Å². The minimum absolute atomic E-state index is 0.0219. The highest BCUT2D eigenvalue weighted by molar-refractivity contribution is 7.66. The lowest BCUT2D eigenvalue weighted by Crippen LogP contribution is -2.46. The normalized spacial score (nSPS) is 30.2. The second kappa shape index (κ2) is 20.9. The lowest BCUT2D eigenvalue weighted by atomic mass is 10.1. The summed E-state index contributed by atoms with van der Waals surface area (Å²) < 4.78 is 109. The summed E-state index contributed by atoms with van der Waals surface area (Å²) in [5, 5.41) is 46.0. The van der Waals surface area contributed by atoms with Crippen LogP contribution in [0.4, 0.5) is 17.7 Å². The SMILES string of the molecule is CNc1ncnc2c1ncn2[C@@H]1O[C@H](COP(=O)(O)OP(=O)(O)OP(=O)(O)OC[C@H]2O[C@@H]([n+]3cn(C)c4c(=O)[nH]c(N)nc43)[C@H](O)[C@@H]2O)[C@@H](OP(=O)(O)OC[C@H]2O[C@@H](n3cnc4c(=O)[nH]c(N)nc43)[C@H](O)[C@@H]2O)[C@H]1OC. The zero-order valence-corrected chi connectivity index (χ0v) is 42.5. The fraction of sp³-hybridized carbons (Fsp3) is 0.545. The Hall–Kier alpha value is -5.15. The first-order valence-corrected chi connectivity index (χ1v) is 27.6. The molecule has 0 radical (unpaired) electrons. The summed E-state index contributed by atoms with van der Waals surface area (Å²) in [7, 11) is -19.4. The van der Waals surface area contributed by atoms with E-state index in [1.54, 1.807) is 0 Å². The molecule has 416 valence electrons. The number of rotatable bonds is 20. The van der Waals surface area contributed by atoms with Gasteiger partial charge in [0, 0.05) is 14.2 Å². The van der Waals surface area contributed by atoms with Crippen LogP contribution >= 0.6 is 31.3 Å². The number of aliphatic hydroxyl groups is 4. The number of nitrogens with two attached hydrogens (primary N) is 2. The van der Waals surface area contributed by atoms with Crippen molar-refractivity contribution in [2.24, 2.45) is 7.05 Å². The van der Waals surface area contributed by atoms with Crippen molar-refractivity contribution < 1.29 is 108 Å². The van der Waals surface area contributed by atoms with Crippen LogP contribution < -0.4 is 32.5 Å². The van der Waals surface area contributed by atoms with Gasteiger partial charge in [0.05, 0.1) is 39.5 Å². The van der Waals surface area contributed by atoms with Gasteiger partial charge in [-0.2, -0.15) is 13.6 Å². The fourth-order valence-corrected chi connectivity index (χ4v) is 12.9. The highest BCUT2D eigenvalue weighted by Crippen LogP contribution is 2.68. The van der Waals surface area contributed by atoms with E-state index in [9.17, 15) is 67.8 Å². The Morgan fingerprint density at radius 1 is 0.697 bits per heavy atom. The number of ether oxygens (including phenoxy) is 4. The van der Waals surface area contributed by atoms with Crippen molar-refractivity contribution in [3.05, 3.63) is 46.0 Å². The van der Waals surface area contributed by atoms with Crippen LogP contribution in [0.3, 0.4) is 0 Å². The molecule has 39 nitrogen and oxygen atoms in total. The Morgan fingerprint density at radius 3 is 1.92 bits per heavy atom.